The average Bonchev–Trinajstić information content (AvgIpc) is 2.61. The lowest BCUT2D eigenvalue weighted by Crippen LogP contribution is -2.37. The predicted molar refractivity (Wildman–Crippen MR) is 95.7 cm³/mol. The van der Waals surface area contributed by atoms with Crippen LogP contribution in [0.15, 0.2) is 0 Å². The van der Waals surface area contributed by atoms with E-state index in [1.165, 1.54) is 64.3 Å². The summed E-state index contributed by atoms with van der Waals surface area (Å²) in [7, 11) is 0. The molecule has 1 N–H and O–H groups in total. The van der Waals surface area contributed by atoms with Gasteiger partial charge in [0.05, 0.1) is 0 Å². The normalized spacial score (nSPS) is 24.9. The maximum Gasteiger partial charge on any atom is 0.00673 e. The molecule has 0 aliphatic heterocycles. The van der Waals surface area contributed by atoms with Crippen LogP contribution in [0.25, 0.3) is 0 Å². The summed E-state index contributed by atoms with van der Waals surface area (Å²) in [5.74, 6) is 0.918. The molecule has 1 nitrogen and oxygen atoms in total. The Morgan fingerprint density at radius 2 is 1.62 bits per heavy atom. The van der Waals surface area contributed by atoms with Crippen molar-refractivity contribution in [1.82, 2.24) is 5.32 Å². The highest BCUT2D eigenvalue weighted by Gasteiger charge is 2.28. The second kappa shape index (κ2) is 8.56. The number of rotatable bonds is 7. The van der Waals surface area contributed by atoms with Gasteiger partial charge >= 0.3 is 0 Å². The highest BCUT2D eigenvalue weighted by molar-refractivity contribution is 4.82. The minimum absolute atomic E-state index is 0.463. The Morgan fingerprint density at radius 3 is 2.24 bits per heavy atom. The Kier molecular flexibility index (Phi) is 7.74. The molecule has 1 rings (SSSR count). The maximum absolute atomic E-state index is 3.90. The maximum atomic E-state index is 3.90. The van der Waals surface area contributed by atoms with Crippen LogP contribution in [-0.4, -0.2) is 12.6 Å². The molecular formula is C20H41N. The van der Waals surface area contributed by atoms with E-state index in [2.05, 4.69) is 46.9 Å². The predicted octanol–water partition coefficient (Wildman–Crippen LogP) is 6.18. The van der Waals surface area contributed by atoms with Crippen molar-refractivity contribution in [2.75, 3.05) is 6.54 Å². The molecule has 0 saturated heterocycles. The second-order valence-corrected chi connectivity index (χ2v) is 9.27. The van der Waals surface area contributed by atoms with Crippen molar-refractivity contribution >= 4 is 0 Å². The molecule has 1 aliphatic rings. The van der Waals surface area contributed by atoms with E-state index < -0.39 is 0 Å². The van der Waals surface area contributed by atoms with Crippen molar-refractivity contribution in [3.63, 3.8) is 0 Å². The fraction of sp³-hybridized carbons (Fsp3) is 1.00. The van der Waals surface area contributed by atoms with Crippen molar-refractivity contribution < 1.29 is 0 Å². The zero-order valence-corrected chi connectivity index (χ0v) is 15.7. The van der Waals surface area contributed by atoms with Crippen molar-refractivity contribution in [1.29, 1.82) is 0 Å². The molecule has 126 valence electrons. The summed E-state index contributed by atoms with van der Waals surface area (Å²) in [5.41, 5.74) is 0.958. The van der Waals surface area contributed by atoms with E-state index in [1.807, 2.05) is 0 Å². The van der Waals surface area contributed by atoms with Gasteiger partial charge in [-0.1, -0.05) is 67.2 Å². The topological polar surface area (TPSA) is 12.0 Å². The van der Waals surface area contributed by atoms with E-state index >= 15 is 0 Å². The van der Waals surface area contributed by atoms with Crippen LogP contribution in [0.3, 0.4) is 0 Å². The Morgan fingerprint density at radius 1 is 0.905 bits per heavy atom. The van der Waals surface area contributed by atoms with Gasteiger partial charge in [0.1, 0.15) is 0 Å². The lowest BCUT2D eigenvalue weighted by molar-refractivity contribution is 0.212. The molecule has 1 aliphatic carbocycles. The lowest BCUT2D eigenvalue weighted by Gasteiger charge is -2.30. The first kappa shape index (κ1) is 19.0. The molecule has 0 bridgehead atoms. The molecular weight excluding hydrogens is 254 g/mol. The molecule has 0 spiro atoms. The molecule has 0 heterocycles. The van der Waals surface area contributed by atoms with Crippen molar-refractivity contribution in [3.8, 4) is 0 Å². The van der Waals surface area contributed by atoms with Crippen LogP contribution in [-0.2, 0) is 0 Å². The first-order valence-electron chi connectivity index (χ1n) is 9.48. The Bertz CT molecular complexity index is 274. The molecule has 1 saturated carbocycles. The summed E-state index contributed by atoms with van der Waals surface area (Å²) in [6, 6.07) is 0.766. The molecule has 1 fully saturated rings. The number of hydrogen-bond acceptors (Lipinski definition) is 1. The third kappa shape index (κ3) is 7.68. The summed E-state index contributed by atoms with van der Waals surface area (Å²) in [5, 5.41) is 3.90. The highest BCUT2D eigenvalue weighted by Crippen LogP contribution is 2.37. The summed E-state index contributed by atoms with van der Waals surface area (Å²) in [4.78, 5) is 0. The SMILES string of the molecule is CCCCCC(C)(C)CNC1CCCC(C(C)(C)C)CC1. The molecule has 0 amide bonds. The molecule has 0 aromatic carbocycles. The number of hydrogen-bond donors (Lipinski definition) is 1. The van der Waals surface area contributed by atoms with Crippen molar-refractivity contribution in [2.45, 2.75) is 105 Å². The van der Waals surface area contributed by atoms with Gasteiger partial charge in [0.2, 0.25) is 0 Å². The van der Waals surface area contributed by atoms with E-state index in [0.29, 0.717) is 10.8 Å². The minimum atomic E-state index is 0.463. The van der Waals surface area contributed by atoms with Gasteiger partial charge in [0, 0.05) is 12.6 Å². The average molecular weight is 296 g/mol. The van der Waals surface area contributed by atoms with Gasteiger partial charge in [-0.05, 0) is 48.9 Å². The number of unbranched alkanes of at least 4 members (excludes halogenated alkanes) is 2. The van der Waals surface area contributed by atoms with E-state index in [4.69, 9.17) is 0 Å². The molecule has 2 atom stereocenters. The standard InChI is InChI=1S/C20H41N/c1-7-8-9-15-20(5,6)16-21-18-12-10-11-17(13-14-18)19(2,3)4/h17-18,21H,7-16H2,1-6H3. The molecule has 0 radical (unpaired) electrons. The smallest absolute Gasteiger partial charge is 0.00673 e. The van der Waals surface area contributed by atoms with Crippen LogP contribution in [0.5, 0.6) is 0 Å². The van der Waals surface area contributed by atoms with Gasteiger partial charge in [-0.2, -0.15) is 0 Å². The molecule has 2 unspecified atom stereocenters. The van der Waals surface area contributed by atoms with Gasteiger partial charge < -0.3 is 5.32 Å². The summed E-state index contributed by atoms with van der Waals surface area (Å²) >= 11 is 0. The largest absolute Gasteiger partial charge is 0.313 e. The summed E-state index contributed by atoms with van der Waals surface area (Å²) < 4.78 is 0. The zero-order valence-electron chi connectivity index (χ0n) is 15.7. The van der Waals surface area contributed by atoms with Gasteiger partial charge in [-0.3, -0.25) is 0 Å². The molecule has 0 aromatic heterocycles. The quantitative estimate of drug-likeness (QED) is 0.437. The van der Waals surface area contributed by atoms with Crippen LogP contribution in [0.4, 0.5) is 0 Å². The van der Waals surface area contributed by atoms with E-state index in [1.54, 1.807) is 0 Å². The second-order valence-electron chi connectivity index (χ2n) is 9.27. The Hall–Kier alpha value is -0.0400. The van der Waals surface area contributed by atoms with E-state index in [9.17, 15) is 0 Å². The highest BCUT2D eigenvalue weighted by atomic mass is 14.9. The Balaban J connectivity index is 2.32. The summed E-state index contributed by atoms with van der Waals surface area (Å²) in [6.45, 7) is 15.6. The van der Waals surface area contributed by atoms with Gasteiger partial charge in [-0.25, -0.2) is 0 Å². The first-order valence-corrected chi connectivity index (χ1v) is 9.48. The van der Waals surface area contributed by atoms with Crippen LogP contribution < -0.4 is 5.32 Å². The number of nitrogens with one attached hydrogen (secondary N) is 1. The fourth-order valence-corrected chi connectivity index (χ4v) is 3.73. The van der Waals surface area contributed by atoms with Crippen molar-refractivity contribution in [3.05, 3.63) is 0 Å². The van der Waals surface area contributed by atoms with Crippen LogP contribution in [0, 0.1) is 16.7 Å². The molecule has 21 heavy (non-hydrogen) atoms. The monoisotopic (exact) mass is 295 g/mol. The summed E-state index contributed by atoms with van der Waals surface area (Å²) in [6.07, 6.45) is 12.5. The molecule has 1 heteroatoms. The zero-order chi connectivity index (χ0) is 15.9. The van der Waals surface area contributed by atoms with Crippen molar-refractivity contribution in [2.24, 2.45) is 16.7 Å². The first-order chi connectivity index (χ1) is 9.74. The minimum Gasteiger partial charge on any atom is -0.313 e. The molecule has 0 aromatic rings. The fourth-order valence-electron chi connectivity index (χ4n) is 3.73. The van der Waals surface area contributed by atoms with E-state index in [-0.39, 0.29) is 0 Å². The van der Waals surface area contributed by atoms with Gasteiger partial charge in [-0.15, -0.1) is 0 Å². The van der Waals surface area contributed by atoms with Gasteiger partial charge in [0.25, 0.3) is 0 Å². The Labute approximate surface area is 134 Å². The van der Waals surface area contributed by atoms with E-state index in [0.717, 1.165) is 12.0 Å². The van der Waals surface area contributed by atoms with Gasteiger partial charge in [0.15, 0.2) is 0 Å². The third-order valence-electron chi connectivity index (χ3n) is 5.52. The van der Waals surface area contributed by atoms with Crippen LogP contribution in [0.2, 0.25) is 0 Å². The lowest BCUT2D eigenvalue weighted by atomic mass is 9.76. The van der Waals surface area contributed by atoms with Crippen LogP contribution >= 0.6 is 0 Å². The third-order valence-corrected chi connectivity index (χ3v) is 5.52. The van der Waals surface area contributed by atoms with Crippen LogP contribution in [0.1, 0.15) is 99.3 Å².